The van der Waals surface area contributed by atoms with E-state index in [2.05, 4.69) is 46.1 Å². The first-order valence-electron chi connectivity index (χ1n) is 6.94. The van der Waals surface area contributed by atoms with Gasteiger partial charge in [0.15, 0.2) is 24.8 Å². The highest BCUT2D eigenvalue weighted by molar-refractivity contribution is 5.27. The van der Waals surface area contributed by atoms with Crippen LogP contribution in [0.4, 0.5) is 0 Å². The molecule has 1 aromatic carbocycles. The van der Waals surface area contributed by atoms with Crippen LogP contribution in [0.5, 0.6) is 5.75 Å². The maximum Gasteiger partial charge on any atom is 0.379 e. The fourth-order valence-corrected chi connectivity index (χ4v) is 2.42. The van der Waals surface area contributed by atoms with Gasteiger partial charge in [-0.3, -0.25) is 0 Å². The van der Waals surface area contributed by atoms with Crippen molar-refractivity contribution in [2.24, 2.45) is 0 Å². The largest absolute Gasteiger partial charge is 1.00 e. The smallest absolute Gasteiger partial charge is 0.379 e. The van der Waals surface area contributed by atoms with Gasteiger partial charge in [-0.05, 0) is 24.3 Å². The highest BCUT2D eigenvalue weighted by Gasteiger charge is 2.29. The molecule has 5 heteroatoms. The SMILES string of the molecule is COc1ccc(C([n+]2ccccc2)[n+]2ccccc2)cc1.[Br-].[Br-]. The molecular formula is C18H18Br2N2O. The number of benzene rings is 1. The minimum absolute atomic E-state index is 0. The van der Waals surface area contributed by atoms with Gasteiger partial charge in [0.1, 0.15) is 5.75 Å². The van der Waals surface area contributed by atoms with Gasteiger partial charge < -0.3 is 38.7 Å². The molecule has 0 bridgehead atoms. The predicted octanol–water partition coefficient (Wildman–Crippen LogP) is -3.63. The Bertz CT molecular complexity index is 652. The van der Waals surface area contributed by atoms with Crippen molar-refractivity contribution in [3.63, 3.8) is 0 Å². The number of hydrogen-bond donors (Lipinski definition) is 0. The summed E-state index contributed by atoms with van der Waals surface area (Å²) < 4.78 is 9.61. The van der Waals surface area contributed by atoms with Gasteiger partial charge in [-0.25, -0.2) is 0 Å². The quantitative estimate of drug-likeness (QED) is 0.385. The van der Waals surface area contributed by atoms with Crippen molar-refractivity contribution in [2.45, 2.75) is 6.17 Å². The predicted molar refractivity (Wildman–Crippen MR) is 79.8 cm³/mol. The fraction of sp³-hybridized carbons (Fsp3) is 0.111. The number of hydrogen-bond acceptors (Lipinski definition) is 1. The lowest BCUT2D eigenvalue weighted by Crippen LogP contribution is -3.00. The molecule has 0 amide bonds. The zero-order valence-electron chi connectivity index (χ0n) is 12.7. The second-order valence-corrected chi connectivity index (χ2v) is 4.79. The summed E-state index contributed by atoms with van der Waals surface area (Å²) in [6.07, 6.45) is 8.39. The van der Waals surface area contributed by atoms with E-state index in [4.69, 9.17) is 4.74 Å². The van der Waals surface area contributed by atoms with Crippen LogP contribution in [0.1, 0.15) is 11.7 Å². The van der Waals surface area contributed by atoms with E-state index in [9.17, 15) is 0 Å². The third-order valence-corrected chi connectivity index (χ3v) is 3.46. The van der Waals surface area contributed by atoms with Crippen LogP contribution in [0, 0.1) is 0 Å². The lowest BCUT2D eigenvalue weighted by molar-refractivity contribution is -0.934. The van der Waals surface area contributed by atoms with Crippen LogP contribution in [-0.2, 0) is 0 Å². The Balaban J connectivity index is 0.00000132. The summed E-state index contributed by atoms with van der Waals surface area (Å²) in [4.78, 5) is 0. The number of pyridine rings is 2. The average Bonchev–Trinajstić information content (AvgIpc) is 2.58. The van der Waals surface area contributed by atoms with E-state index in [0.29, 0.717) is 0 Å². The highest BCUT2D eigenvalue weighted by Crippen LogP contribution is 2.15. The molecule has 3 aromatic rings. The van der Waals surface area contributed by atoms with Crippen LogP contribution in [0.15, 0.2) is 85.5 Å². The zero-order chi connectivity index (χ0) is 14.5. The summed E-state index contributed by atoms with van der Waals surface area (Å²) >= 11 is 0. The van der Waals surface area contributed by atoms with Gasteiger partial charge in [-0.2, -0.15) is 0 Å². The van der Waals surface area contributed by atoms with Crippen molar-refractivity contribution in [3.05, 3.63) is 91.0 Å². The Labute approximate surface area is 157 Å². The van der Waals surface area contributed by atoms with E-state index >= 15 is 0 Å². The van der Waals surface area contributed by atoms with E-state index < -0.39 is 0 Å². The summed E-state index contributed by atoms with van der Waals surface area (Å²) in [6, 6.07) is 20.4. The Kier molecular flexibility index (Phi) is 7.92. The number of aromatic nitrogens is 2. The normalized spacial score (nSPS) is 9.65. The summed E-state index contributed by atoms with van der Waals surface area (Å²) in [5.41, 5.74) is 1.20. The van der Waals surface area contributed by atoms with Crippen molar-refractivity contribution in [1.82, 2.24) is 0 Å². The maximum absolute atomic E-state index is 5.25. The molecule has 0 spiro atoms. The highest BCUT2D eigenvalue weighted by atomic mass is 79.9. The summed E-state index contributed by atoms with van der Waals surface area (Å²) in [5.74, 6) is 0.869. The molecule has 3 nitrogen and oxygen atoms in total. The van der Waals surface area contributed by atoms with Crippen LogP contribution in [0.2, 0.25) is 0 Å². The molecule has 0 radical (unpaired) electrons. The van der Waals surface area contributed by atoms with Crippen molar-refractivity contribution in [2.75, 3.05) is 7.11 Å². The minimum Gasteiger partial charge on any atom is -1.00 e. The Morgan fingerprint density at radius 3 is 1.52 bits per heavy atom. The van der Waals surface area contributed by atoms with Crippen LogP contribution < -0.4 is 47.8 Å². The van der Waals surface area contributed by atoms with Gasteiger partial charge in [-0.15, -0.1) is 9.13 Å². The van der Waals surface area contributed by atoms with Gasteiger partial charge in [0.25, 0.3) is 0 Å². The van der Waals surface area contributed by atoms with Crippen molar-refractivity contribution >= 4 is 0 Å². The van der Waals surface area contributed by atoms with Crippen LogP contribution in [-0.4, -0.2) is 7.11 Å². The van der Waals surface area contributed by atoms with E-state index in [-0.39, 0.29) is 40.1 Å². The standard InChI is InChI=1S/C18H18N2O.2BrH/c1-21-17-10-8-16(9-11-17)18(19-12-4-2-5-13-19)20-14-6-3-7-15-20;;/h2-15,18H,1H3;2*1H/q+2;;/p-2. The van der Waals surface area contributed by atoms with Crippen LogP contribution >= 0.6 is 0 Å². The van der Waals surface area contributed by atoms with E-state index in [0.717, 1.165) is 5.75 Å². The Hall–Kier alpha value is -1.72. The molecule has 0 aliphatic carbocycles. The van der Waals surface area contributed by atoms with Crippen LogP contribution in [0.25, 0.3) is 0 Å². The molecule has 0 fully saturated rings. The van der Waals surface area contributed by atoms with Gasteiger partial charge >= 0.3 is 6.17 Å². The van der Waals surface area contributed by atoms with Crippen LogP contribution in [0.3, 0.4) is 0 Å². The van der Waals surface area contributed by atoms with Gasteiger partial charge in [0, 0.05) is 24.3 Å². The first-order chi connectivity index (χ1) is 10.4. The van der Waals surface area contributed by atoms with Gasteiger partial charge in [-0.1, -0.05) is 12.1 Å². The molecule has 120 valence electrons. The number of methoxy groups -OCH3 is 1. The molecule has 0 atom stereocenters. The fourth-order valence-electron chi connectivity index (χ4n) is 2.42. The maximum atomic E-state index is 5.25. The first-order valence-corrected chi connectivity index (χ1v) is 6.94. The summed E-state index contributed by atoms with van der Waals surface area (Å²) in [7, 11) is 1.68. The topological polar surface area (TPSA) is 17.0 Å². The third-order valence-electron chi connectivity index (χ3n) is 3.46. The van der Waals surface area contributed by atoms with Crippen molar-refractivity contribution in [3.8, 4) is 5.75 Å². The number of nitrogens with zero attached hydrogens (tertiary/aromatic N) is 2. The molecule has 0 N–H and O–H groups in total. The summed E-state index contributed by atoms with van der Waals surface area (Å²) in [5, 5.41) is 0. The number of ether oxygens (including phenoxy) is 1. The third kappa shape index (κ3) is 4.62. The van der Waals surface area contributed by atoms with Gasteiger partial charge in [0.2, 0.25) is 0 Å². The first kappa shape index (κ1) is 19.3. The van der Waals surface area contributed by atoms with E-state index in [1.165, 1.54) is 5.56 Å². The average molecular weight is 438 g/mol. The van der Waals surface area contributed by atoms with Gasteiger partial charge in [0.05, 0.1) is 12.7 Å². The molecule has 0 aliphatic heterocycles. The zero-order valence-corrected chi connectivity index (χ0v) is 15.9. The summed E-state index contributed by atoms with van der Waals surface area (Å²) in [6.45, 7) is 0. The molecule has 3 rings (SSSR count). The molecule has 2 heterocycles. The lowest BCUT2D eigenvalue weighted by Gasteiger charge is -2.09. The van der Waals surface area contributed by atoms with Crippen molar-refractivity contribution < 1.29 is 47.8 Å². The Morgan fingerprint density at radius 2 is 1.13 bits per heavy atom. The molecule has 0 saturated carbocycles. The minimum atomic E-state index is 0. The monoisotopic (exact) mass is 436 g/mol. The lowest BCUT2D eigenvalue weighted by atomic mass is 10.1. The van der Waals surface area contributed by atoms with E-state index in [1.807, 2.05) is 48.5 Å². The molecular weight excluding hydrogens is 420 g/mol. The molecule has 0 aliphatic rings. The number of halogens is 2. The molecule has 0 unspecified atom stereocenters. The van der Waals surface area contributed by atoms with E-state index in [1.54, 1.807) is 7.11 Å². The molecule has 0 saturated heterocycles. The second-order valence-electron chi connectivity index (χ2n) is 4.79. The second kappa shape index (κ2) is 9.43. The number of rotatable bonds is 4. The molecule has 23 heavy (non-hydrogen) atoms. The Morgan fingerprint density at radius 1 is 0.696 bits per heavy atom. The van der Waals surface area contributed by atoms with Crippen molar-refractivity contribution in [1.29, 1.82) is 0 Å². The molecule has 2 aromatic heterocycles.